The van der Waals surface area contributed by atoms with E-state index in [1.165, 1.54) is 25.3 Å². The Kier molecular flexibility index (Phi) is 5.19. The Morgan fingerprint density at radius 3 is 2.78 bits per heavy atom. The van der Waals surface area contributed by atoms with Crippen LogP contribution in [0.1, 0.15) is 49.4 Å². The van der Waals surface area contributed by atoms with Crippen LogP contribution in [0, 0.1) is 0 Å². The van der Waals surface area contributed by atoms with Gasteiger partial charge in [-0.3, -0.25) is 0 Å². The van der Waals surface area contributed by atoms with Crippen molar-refractivity contribution in [2.75, 3.05) is 0 Å². The molecular weight excluding hydrogens is 290 g/mol. The topological polar surface area (TPSA) is 57.0 Å². The lowest BCUT2D eigenvalue weighted by Crippen LogP contribution is -2.13. The molecule has 1 fully saturated rings. The first kappa shape index (κ1) is 15.5. The van der Waals surface area contributed by atoms with Gasteiger partial charge in [0.25, 0.3) is 0 Å². The lowest BCUT2D eigenvalue weighted by Gasteiger charge is -2.20. The van der Waals surface area contributed by atoms with Crippen LogP contribution in [0.2, 0.25) is 0 Å². The molecular formula is C18H21N3O2. The molecule has 0 spiro atoms. The van der Waals surface area contributed by atoms with E-state index in [0.717, 1.165) is 18.4 Å². The third-order valence-corrected chi connectivity index (χ3v) is 4.09. The second-order valence-corrected chi connectivity index (χ2v) is 5.84. The number of carbonyl (C=O) groups is 1. The van der Waals surface area contributed by atoms with Gasteiger partial charge in [0.2, 0.25) is 0 Å². The molecule has 1 aliphatic rings. The predicted molar refractivity (Wildman–Crippen MR) is 87.4 cm³/mol. The highest BCUT2D eigenvalue weighted by Crippen LogP contribution is 2.27. The number of nitrogens with zero attached hydrogens (tertiary/aromatic N) is 3. The fourth-order valence-corrected chi connectivity index (χ4v) is 2.82. The van der Waals surface area contributed by atoms with Crippen LogP contribution in [0.25, 0.3) is 6.08 Å². The molecule has 1 aromatic heterocycles. The minimum atomic E-state index is -0.374. The quantitative estimate of drug-likeness (QED) is 0.626. The van der Waals surface area contributed by atoms with Crippen molar-refractivity contribution in [2.24, 2.45) is 0 Å². The largest absolute Gasteiger partial charge is 0.458 e. The maximum Gasteiger partial charge on any atom is 0.331 e. The van der Waals surface area contributed by atoms with Gasteiger partial charge in [-0.15, -0.1) is 5.10 Å². The third-order valence-electron chi connectivity index (χ3n) is 4.09. The zero-order valence-corrected chi connectivity index (χ0v) is 13.1. The average molecular weight is 311 g/mol. The monoisotopic (exact) mass is 311 g/mol. The number of rotatable bonds is 5. The number of hydrogen-bond acceptors (Lipinski definition) is 4. The SMILES string of the molecule is O=C(C=Cc1cn(C2CCCCC2)nn1)OCc1ccccc1. The summed E-state index contributed by atoms with van der Waals surface area (Å²) in [7, 11) is 0. The molecule has 5 heteroatoms. The number of esters is 1. The van der Waals surface area contributed by atoms with Gasteiger partial charge in [-0.05, 0) is 24.5 Å². The Bertz CT molecular complexity index is 658. The number of benzene rings is 1. The van der Waals surface area contributed by atoms with Crippen LogP contribution in [0.15, 0.2) is 42.6 Å². The number of carbonyl (C=O) groups excluding carboxylic acids is 1. The summed E-state index contributed by atoms with van der Waals surface area (Å²) in [5.74, 6) is -0.374. The molecule has 3 rings (SSSR count). The first-order chi connectivity index (χ1) is 11.3. The second kappa shape index (κ2) is 7.72. The van der Waals surface area contributed by atoms with Crippen LogP contribution in [0.5, 0.6) is 0 Å². The molecule has 23 heavy (non-hydrogen) atoms. The maximum absolute atomic E-state index is 11.7. The molecule has 2 aromatic rings. The summed E-state index contributed by atoms with van der Waals surface area (Å²) in [5.41, 5.74) is 1.66. The van der Waals surface area contributed by atoms with Gasteiger partial charge in [0.1, 0.15) is 12.3 Å². The van der Waals surface area contributed by atoms with Gasteiger partial charge in [-0.2, -0.15) is 0 Å². The fraction of sp³-hybridized carbons (Fsp3) is 0.389. The predicted octanol–water partition coefficient (Wildman–Crippen LogP) is 3.54. The van der Waals surface area contributed by atoms with Crippen molar-refractivity contribution < 1.29 is 9.53 Å². The maximum atomic E-state index is 11.7. The molecule has 1 heterocycles. The average Bonchev–Trinajstić information content (AvgIpc) is 3.09. The summed E-state index contributed by atoms with van der Waals surface area (Å²) in [4.78, 5) is 11.7. The minimum absolute atomic E-state index is 0.277. The molecule has 0 saturated heterocycles. The van der Waals surface area contributed by atoms with E-state index < -0.39 is 0 Å². The van der Waals surface area contributed by atoms with Crippen molar-refractivity contribution in [1.29, 1.82) is 0 Å². The standard InChI is InChI=1S/C18H21N3O2/c22-18(23-14-15-7-3-1-4-8-15)12-11-16-13-21(20-19-16)17-9-5-2-6-10-17/h1,3-4,7-8,11-13,17H,2,5-6,9-10,14H2. The van der Waals surface area contributed by atoms with Gasteiger partial charge in [-0.25, -0.2) is 9.48 Å². The molecule has 1 aromatic carbocycles. The summed E-state index contributed by atoms with van der Waals surface area (Å²) >= 11 is 0. The van der Waals surface area contributed by atoms with Crippen LogP contribution in [-0.4, -0.2) is 21.0 Å². The van der Waals surface area contributed by atoms with E-state index in [4.69, 9.17) is 4.74 Å². The van der Waals surface area contributed by atoms with Crippen LogP contribution < -0.4 is 0 Å². The van der Waals surface area contributed by atoms with Crippen molar-refractivity contribution >= 4 is 12.0 Å². The molecule has 5 nitrogen and oxygen atoms in total. The normalized spacial score (nSPS) is 15.8. The van der Waals surface area contributed by atoms with Crippen molar-refractivity contribution in [1.82, 2.24) is 15.0 Å². The zero-order valence-electron chi connectivity index (χ0n) is 13.1. The van der Waals surface area contributed by atoms with Gasteiger partial charge in [-0.1, -0.05) is 54.8 Å². The summed E-state index contributed by atoms with van der Waals surface area (Å²) in [6.45, 7) is 0.277. The molecule has 0 bridgehead atoms. The van der Waals surface area contributed by atoms with Gasteiger partial charge in [0.05, 0.1) is 12.2 Å². The first-order valence-electron chi connectivity index (χ1n) is 8.12. The van der Waals surface area contributed by atoms with Crippen molar-refractivity contribution in [3.05, 3.63) is 53.9 Å². The van der Waals surface area contributed by atoms with E-state index in [0.29, 0.717) is 11.7 Å². The first-order valence-corrected chi connectivity index (χ1v) is 8.12. The smallest absolute Gasteiger partial charge is 0.331 e. The van der Waals surface area contributed by atoms with E-state index in [1.54, 1.807) is 6.08 Å². The highest BCUT2D eigenvalue weighted by atomic mass is 16.5. The van der Waals surface area contributed by atoms with Crippen LogP contribution in [0.4, 0.5) is 0 Å². The molecule has 1 aliphatic carbocycles. The third kappa shape index (κ3) is 4.52. The summed E-state index contributed by atoms with van der Waals surface area (Å²) in [6, 6.07) is 10.1. The summed E-state index contributed by atoms with van der Waals surface area (Å²) in [6.07, 6.45) is 11.1. The fourth-order valence-electron chi connectivity index (χ4n) is 2.82. The highest BCUT2D eigenvalue weighted by Gasteiger charge is 2.16. The van der Waals surface area contributed by atoms with E-state index >= 15 is 0 Å². The molecule has 0 unspecified atom stereocenters. The second-order valence-electron chi connectivity index (χ2n) is 5.84. The van der Waals surface area contributed by atoms with E-state index in [9.17, 15) is 4.79 Å². The molecule has 1 saturated carbocycles. The van der Waals surface area contributed by atoms with E-state index in [1.807, 2.05) is 41.2 Å². The molecule has 0 atom stereocenters. The Labute approximate surface area is 136 Å². The Hall–Kier alpha value is -2.43. The van der Waals surface area contributed by atoms with E-state index in [-0.39, 0.29) is 12.6 Å². The lowest BCUT2D eigenvalue weighted by molar-refractivity contribution is -0.138. The Morgan fingerprint density at radius 1 is 1.22 bits per heavy atom. The van der Waals surface area contributed by atoms with Crippen LogP contribution >= 0.6 is 0 Å². The van der Waals surface area contributed by atoms with Gasteiger partial charge >= 0.3 is 5.97 Å². The number of hydrogen-bond donors (Lipinski definition) is 0. The summed E-state index contributed by atoms with van der Waals surface area (Å²) in [5, 5.41) is 8.27. The minimum Gasteiger partial charge on any atom is -0.458 e. The molecule has 0 amide bonds. The highest BCUT2D eigenvalue weighted by molar-refractivity contribution is 5.86. The summed E-state index contributed by atoms with van der Waals surface area (Å²) < 4.78 is 7.12. The van der Waals surface area contributed by atoms with Crippen molar-refractivity contribution in [3.63, 3.8) is 0 Å². The lowest BCUT2D eigenvalue weighted by atomic mass is 9.96. The Balaban J connectivity index is 1.51. The number of aromatic nitrogens is 3. The van der Waals surface area contributed by atoms with Crippen molar-refractivity contribution in [3.8, 4) is 0 Å². The number of ether oxygens (including phenoxy) is 1. The molecule has 120 valence electrons. The molecule has 0 radical (unpaired) electrons. The van der Waals surface area contributed by atoms with Crippen LogP contribution in [0.3, 0.4) is 0 Å². The zero-order chi connectivity index (χ0) is 15.9. The van der Waals surface area contributed by atoms with Crippen LogP contribution in [-0.2, 0) is 16.1 Å². The van der Waals surface area contributed by atoms with Crippen molar-refractivity contribution in [2.45, 2.75) is 44.8 Å². The molecule has 0 aliphatic heterocycles. The molecule has 0 N–H and O–H groups in total. The van der Waals surface area contributed by atoms with Gasteiger partial charge < -0.3 is 4.74 Å². The Morgan fingerprint density at radius 2 is 2.00 bits per heavy atom. The van der Waals surface area contributed by atoms with E-state index in [2.05, 4.69) is 10.3 Å². The van der Waals surface area contributed by atoms with Gasteiger partial charge in [0.15, 0.2) is 0 Å². The van der Waals surface area contributed by atoms with Gasteiger partial charge in [0, 0.05) is 6.08 Å².